The molecule has 1 aromatic carbocycles. The van der Waals surface area contributed by atoms with Crippen molar-refractivity contribution in [3.63, 3.8) is 0 Å². The molecule has 132 valence electrons. The number of carbonyl (C=O) groups excluding carboxylic acids is 1. The van der Waals surface area contributed by atoms with Crippen LogP contribution in [0.5, 0.6) is 0 Å². The summed E-state index contributed by atoms with van der Waals surface area (Å²) in [6, 6.07) is 13.1. The van der Waals surface area contributed by atoms with E-state index < -0.39 is 6.10 Å². The third kappa shape index (κ3) is 5.11. The van der Waals surface area contributed by atoms with Crippen molar-refractivity contribution in [1.29, 1.82) is 0 Å². The Morgan fingerprint density at radius 2 is 2.12 bits per heavy atom. The molecule has 0 spiro atoms. The van der Waals surface area contributed by atoms with Crippen LogP contribution in [0, 0.1) is 5.92 Å². The van der Waals surface area contributed by atoms with Gasteiger partial charge in [0.05, 0.1) is 0 Å². The van der Waals surface area contributed by atoms with Gasteiger partial charge in [0.15, 0.2) is 6.10 Å². The molecule has 5 heteroatoms. The van der Waals surface area contributed by atoms with E-state index in [1.807, 2.05) is 30.5 Å². The van der Waals surface area contributed by atoms with Crippen molar-refractivity contribution in [2.45, 2.75) is 25.5 Å². The van der Waals surface area contributed by atoms with E-state index in [0.29, 0.717) is 18.0 Å². The Labute approximate surface area is 148 Å². The van der Waals surface area contributed by atoms with E-state index >= 15 is 0 Å². The van der Waals surface area contributed by atoms with E-state index in [-0.39, 0.29) is 5.91 Å². The second-order valence-corrected chi connectivity index (χ2v) is 6.66. The first-order valence-corrected chi connectivity index (χ1v) is 8.84. The van der Waals surface area contributed by atoms with Crippen molar-refractivity contribution in [2.75, 3.05) is 19.6 Å². The second-order valence-electron chi connectivity index (χ2n) is 6.66. The summed E-state index contributed by atoms with van der Waals surface area (Å²) in [6.45, 7) is 3.53. The molecule has 2 heterocycles. The fourth-order valence-electron chi connectivity index (χ4n) is 3.34. The molecule has 1 amide bonds. The standard InChI is InChI=1S/C20H25N3O2/c24-19(18-8-2-1-3-9-18)20(25)22-13-17-7-5-11-23(15-17)14-16-6-4-10-21-12-16/h1-4,6,8-10,12,17,19,24H,5,7,11,13-15H2,(H,22,25)/t17?,19-/m1/s1. The van der Waals surface area contributed by atoms with Crippen LogP contribution in [0.2, 0.25) is 0 Å². The highest BCUT2D eigenvalue weighted by Gasteiger charge is 2.22. The smallest absolute Gasteiger partial charge is 0.253 e. The van der Waals surface area contributed by atoms with E-state index in [4.69, 9.17) is 0 Å². The number of benzene rings is 1. The molecule has 1 aromatic heterocycles. The largest absolute Gasteiger partial charge is 0.378 e. The predicted molar refractivity (Wildman–Crippen MR) is 96.6 cm³/mol. The molecule has 2 aromatic rings. The van der Waals surface area contributed by atoms with Crippen molar-refractivity contribution in [2.24, 2.45) is 5.92 Å². The van der Waals surface area contributed by atoms with Crippen LogP contribution in [-0.4, -0.2) is 40.5 Å². The molecule has 1 aliphatic heterocycles. The van der Waals surface area contributed by atoms with Gasteiger partial charge in [0.2, 0.25) is 0 Å². The molecular formula is C20H25N3O2. The topological polar surface area (TPSA) is 65.5 Å². The number of pyridine rings is 1. The molecule has 0 radical (unpaired) electrons. The zero-order chi connectivity index (χ0) is 17.5. The van der Waals surface area contributed by atoms with Crippen molar-refractivity contribution in [3.05, 3.63) is 66.0 Å². The number of hydrogen-bond acceptors (Lipinski definition) is 4. The van der Waals surface area contributed by atoms with Gasteiger partial charge >= 0.3 is 0 Å². The number of aromatic nitrogens is 1. The first kappa shape index (κ1) is 17.6. The zero-order valence-electron chi connectivity index (χ0n) is 14.3. The molecule has 1 unspecified atom stereocenters. The van der Waals surface area contributed by atoms with Crippen molar-refractivity contribution < 1.29 is 9.90 Å². The first-order valence-electron chi connectivity index (χ1n) is 8.84. The van der Waals surface area contributed by atoms with Crippen LogP contribution >= 0.6 is 0 Å². The van der Waals surface area contributed by atoms with E-state index in [1.54, 1.807) is 18.3 Å². The number of rotatable bonds is 6. The van der Waals surface area contributed by atoms with Gasteiger partial charge < -0.3 is 10.4 Å². The van der Waals surface area contributed by atoms with Gasteiger partial charge in [-0.1, -0.05) is 36.4 Å². The van der Waals surface area contributed by atoms with E-state index in [1.165, 1.54) is 5.56 Å². The zero-order valence-corrected chi connectivity index (χ0v) is 14.3. The Morgan fingerprint density at radius 3 is 2.88 bits per heavy atom. The number of piperidine rings is 1. The molecule has 0 aliphatic carbocycles. The maximum atomic E-state index is 12.2. The minimum absolute atomic E-state index is 0.324. The molecule has 3 rings (SSSR count). The number of nitrogens with zero attached hydrogens (tertiary/aromatic N) is 2. The molecule has 0 saturated carbocycles. The highest BCUT2D eigenvalue weighted by atomic mass is 16.3. The highest BCUT2D eigenvalue weighted by molar-refractivity contribution is 5.81. The molecule has 1 fully saturated rings. The van der Waals surface area contributed by atoms with E-state index in [0.717, 1.165) is 32.5 Å². The molecule has 25 heavy (non-hydrogen) atoms. The normalized spacial score (nSPS) is 19.3. The number of hydrogen-bond donors (Lipinski definition) is 2. The Balaban J connectivity index is 1.47. The average Bonchev–Trinajstić information content (AvgIpc) is 2.67. The Kier molecular flexibility index (Phi) is 6.14. The number of carbonyl (C=O) groups is 1. The summed E-state index contributed by atoms with van der Waals surface area (Å²) in [4.78, 5) is 18.7. The van der Waals surface area contributed by atoms with Crippen LogP contribution in [0.15, 0.2) is 54.9 Å². The average molecular weight is 339 g/mol. The molecule has 5 nitrogen and oxygen atoms in total. The van der Waals surface area contributed by atoms with Crippen molar-refractivity contribution >= 4 is 5.91 Å². The monoisotopic (exact) mass is 339 g/mol. The number of likely N-dealkylation sites (tertiary alicyclic amines) is 1. The molecule has 2 atom stereocenters. The summed E-state index contributed by atoms with van der Waals surface area (Å²) in [6.07, 6.45) is 4.82. The fraction of sp³-hybridized carbons (Fsp3) is 0.400. The molecule has 1 aliphatic rings. The summed E-state index contributed by atoms with van der Waals surface area (Å²) in [5.74, 6) is 0.0907. The first-order chi connectivity index (χ1) is 12.2. The van der Waals surface area contributed by atoms with Crippen LogP contribution < -0.4 is 5.32 Å². The maximum absolute atomic E-state index is 12.2. The number of amides is 1. The number of nitrogens with one attached hydrogen (secondary N) is 1. The summed E-state index contributed by atoms with van der Waals surface area (Å²) in [5.41, 5.74) is 1.84. The van der Waals surface area contributed by atoms with Crippen LogP contribution in [-0.2, 0) is 11.3 Å². The van der Waals surface area contributed by atoms with Crippen LogP contribution in [0.25, 0.3) is 0 Å². The lowest BCUT2D eigenvalue weighted by molar-refractivity contribution is -0.129. The van der Waals surface area contributed by atoms with Crippen LogP contribution in [0.1, 0.15) is 30.1 Å². The molecule has 0 bridgehead atoms. The third-order valence-electron chi connectivity index (χ3n) is 4.66. The van der Waals surface area contributed by atoms with Crippen LogP contribution in [0.3, 0.4) is 0 Å². The highest BCUT2D eigenvalue weighted by Crippen LogP contribution is 2.18. The van der Waals surface area contributed by atoms with Gasteiger partial charge in [0.1, 0.15) is 0 Å². The predicted octanol–water partition coefficient (Wildman–Crippen LogP) is 2.14. The van der Waals surface area contributed by atoms with Crippen molar-refractivity contribution in [1.82, 2.24) is 15.2 Å². The van der Waals surface area contributed by atoms with E-state index in [9.17, 15) is 9.90 Å². The van der Waals surface area contributed by atoms with E-state index in [2.05, 4.69) is 21.3 Å². The second kappa shape index (κ2) is 8.74. The molecule has 1 saturated heterocycles. The lowest BCUT2D eigenvalue weighted by atomic mass is 9.97. The lowest BCUT2D eigenvalue weighted by Gasteiger charge is -2.33. The summed E-state index contributed by atoms with van der Waals surface area (Å²) >= 11 is 0. The summed E-state index contributed by atoms with van der Waals surface area (Å²) < 4.78 is 0. The quantitative estimate of drug-likeness (QED) is 0.846. The lowest BCUT2D eigenvalue weighted by Crippen LogP contribution is -2.41. The number of aliphatic hydroxyl groups is 1. The van der Waals surface area contributed by atoms with Gasteiger partial charge in [0.25, 0.3) is 5.91 Å². The third-order valence-corrected chi connectivity index (χ3v) is 4.66. The number of aliphatic hydroxyl groups excluding tert-OH is 1. The Bertz CT molecular complexity index is 663. The SMILES string of the molecule is O=C(NCC1CCCN(Cc2cccnc2)C1)[C@H](O)c1ccccc1. The van der Waals surface area contributed by atoms with Gasteiger partial charge in [-0.2, -0.15) is 0 Å². The summed E-state index contributed by atoms with van der Waals surface area (Å²) in [5, 5.41) is 13.0. The van der Waals surface area contributed by atoms with Gasteiger partial charge in [-0.15, -0.1) is 0 Å². The summed E-state index contributed by atoms with van der Waals surface area (Å²) in [7, 11) is 0. The van der Waals surface area contributed by atoms with Gasteiger partial charge in [-0.05, 0) is 42.5 Å². The maximum Gasteiger partial charge on any atom is 0.253 e. The minimum Gasteiger partial charge on any atom is -0.378 e. The Hall–Kier alpha value is -2.24. The van der Waals surface area contributed by atoms with Crippen LogP contribution in [0.4, 0.5) is 0 Å². The minimum atomic E-state index is -1.10. The van der Waals surface area contributed by atoms with Gasteiger partial charge in [-0.25, -0.2) is 0 Å². The van der Waals surface area contributed by atoms with Gasteiger partial charge in [0, 0.05) is 32.0 Å². The molecule has 2 N–H and O–H groups in total. The Morgan fingerprint density at radius 1 is 1.28 bits per heavy atom. The van der Waals surface area contributed by atoms with Crippen molar-refractivity contribution in [3.8, 4) is 0 Å². The molecular weight excluding hydrogens is 314 g/mol. The van der Waals surface area contributed by atoms with Gasteiger partial charge in [-0.3, -0.25) is 14.7 Å². The fourth-order valence-corrected chi connectivity index (χ4v) is 3.34.